The molecule has 1 aromatic carbocycles. The van der Waals surface area contributed by atoms with Crippen LogP contribution >= 0.6 is 0 Å². The van der Waals surface area contributed by atoms with Gasteiger partial charge in [-0.1, -0.05) is 12.1 Å². The first-order valence-electron chi connectivity index (χ1n) is 5.95. The highest BCUT2D eigenvalue weighted by Crippen LogP contribution is 2.25. The summed E-state index contributed by atoms with van der Waals surface area (Å²) in [6.45, 7) is 3.09. The number of amides is 1. The highest BCUT2D eigenvalue weighted by molar-refractivity contribution is 5.89. The van der Waals surface area contributed by atoms with Crippen molar-refractivity contribution >= 4 is 11.8 Å². The highest BCUT2D eigenvalue weighted by Gasteiger charge is 2.30. The van der Waals surface area contributed by atoms with Crippen LogP contribution in [0, 0.1) is 6.92 Å². The van der Waals surface area contributed by atoms with Crippen molar-refractivity contribution in [1.29, 1.82) is 0 Å². The topological polar surface area (TPSA) is 55.6 Å². The molecular weight excluding hydrogens is 216 g/mol. The summed E-state index contributed by atoms with van der Waals surface area (Å²) in [5.41, 5.74) is 7.62. The zero-order chi connectivity index (χ0) is 12.3. The zero-order valence-electron chi connectivity index (χ0n) is 10.1. The van der Waals surface area contributed by atoms with Crippen LogP contribution in [0.2, 0.25) is 0 Å². The molecule has 1 heterocycles. The average molecular weight is 234 g/mol. The number of nitrogens with zero attached hydrogens (tertiary/aromatic N) is 1. The molecule has 4 nitrogen and oxygen atoms in total. The van der Waals surface area contributed by atoms with E-state index in [9.17, 15) is 4.79 Å². The van der Waals surface area contributed by atoms with Gasteiger partial charge in [-0.3, -0.25) is 4.90 Å². The van der Waals surface area contributed by atoms with Crippen LogP contribution in [0.5, 0.6) is 0 Å². The molecule has 1 aliphatic rings. The lowest BCUT2D eigenvalue weighted by atomic mass is 10.1. The van der Waals surface area contributed by atoms with Crippen LogP contribution in [0.3, 0.4) is 0 Å². The molecule has 1 aromatic rings. The molecule has 1 atom stereocenters. The van der Waals surface area contributed by atoms with Gasteiger partial charge in [0.15, 0.2) is 0 Å². The monoisotopic (exact) mass is 234 g/mol. The molecular formula is C13H18N2O2. The lowest BCUT2D eigenvalue weighted by Crippen LogP contribution is -2.46. The van der Waals surface area contributed by atoms with E-state index in [2.05, 4.69) is 0 Å². The van der Waals surface area contributed by atoms with Crippen LogP contribution < -0.4 is 10.6 Å². The van der Waals surface area contributed by atoms with Gasteiger partial charge in [-0.25, -0.2) is 4.79 Å². The van der Waals surface area contributed by atoms with Crippen LogP contribution in [0.1, 0.15) is 18.4 Å². The van der Waals surface area contributed by atoms with Crippen LogP contribution in [0.15, 0.2) is 24.3 Å². The molecule has 0 aliphatic carbocycles. The van der Waals surface area contributed by atoms with Crippen molar-refractivity contribution in [3.63, 3.8) is 0 Å². The molecule has 92 valence electrons. The van der Waals surface area contributed by atoms with Gasteiger partial charge in [0, 0.05) is 18.2 Å². The lowest BCUT2D eigenvalue weighted by Gasteiger charge is -2.35. The van der Waals surface area contributed by atoms with Crippen molar-refractivity contribution in [1.82, 2.24) is 0 Å². The molecule has 2 N–H and O–H groups in total. The van der Waals surface area contributed by atoms with Gasteiger partial charge in [-0.2, -0.15) is 0 Å². The summed E-state index contributed by atoms with van der Waals surface area (Å²) in [6, 6.07) is 8.05. The Kier molecular flexibility index (Phi) is 3.64. The molecule has 2 rings (SSSR count). The van der Waals surface area contributed by atoms with E-state index in [1.54, 1.807) is 4.90 Å². The minimum atomic E-state index is -0.264. The van der Waals surface area contributed by atoms with Gasteiger partial charge in [-0.05, 0) is 37.6 Å². The van der Waals surface area contributed by atoms with Gasteiger partial charge in [0.05, 0.1) is 6.61 Å². The second-order valence-corrected chi connectivity index (χ2v) is 4.34. The maximum Gasteiger partial charge on any atom is 0.414 e. The summed E-state index contributed by atoms with van der Waals surface area (Å²) in [7, 11) is 0. The van der Waals surface area contributed by atoms with Crippen molar-refractivity contribution < 1.29 is 9.53 Å². The first kappa shape index (κ1) is 11.9. The Morgan fingerprint density at radius 2 is 2.35 bits per heavy atom. The molecule has 1 aliphatic heterocycles. The molecule has 0 saturated carbocycles. The van der Waals surface area contributed by atoms with Crippen molar-refractivity contribution in [2.45, 2.75) is 25.8 Å². The van der Waals surface area contributed by atoms with E-state index >= 15 is 0 Å². The summed E-state index contributed by atoms with van der Waals surface area (Å²) in [6.07, 6.45) is 1.39. The van der Waals surface area contributed by atoms with E-state index in [0.29, 0.717) is 13.2 Å². The zero-order valence-corrected chi connectivity index (χ0v) is 10.1. The minimum Gasteiger partial charge on any atom is -0.449 e. The number of rotatable bonds is 3. The SMILES string of the molecule is Cc1cccc(N2C(=O)OCCC2CCN)c1. The molecule has 17 heavy (non-hydrogen) atoms. The Morgan fingerprint density at radius 3 is 3.06 bits per heavy atom. The summed E-state index contributed by atoms with van der Waals surface area (Å²) < 4.78 is 5.11. The summed E-state index contributed by atoms with van der Waals surface area (Å²) in [4.78, 5) is 13.6. The van der Waals surface area contributed by atoms with Crippen molar-refractivity contribution in [2.24, 2.45) is 5.73 Å². The Bertz CT molecular complexity index is 404. The normalized spacial score (nSPS) is 20.2. The maximum absolute atomic E-state index is 11.9. The number of benzene rings is 1. The molecule has 0 aromatic heterocycles. The minimum absolute atomic E-state index is 0.156. The fourth-order valence-corrected chi connectivity index (χ4v) is 2.19. The molecule has 1 saturated heterocycles. The van der Waals surface area contributed by atoms with Crippen LogP contribution in [0.25, 0.3) is 0 Å². The number of carbonyl (C=O) groups is 1. The van der Waals surface area contributed by atoms with Crippen LogP contribution in [-0.2, 0) is 4.74 Å². The highest BCUT2D eigenvalue weighted by atomic mass is 16.6. The largest absolute Gasteiger partial charge is 0.449 e. The van der Waals surface area contributed by atoms with Gasteiger partial charge >= 0.3 is 6.09 Å². The van der Waals surface area contributed by atoms with E-state index in [4.69, 9.17) is 10.5 Å². The third kappa shape index (κ3) is 2.58. The number of carbonyl (C=O) groups excluding carboxylic acids is 1. The lowest BCUT2D eigenvalue weighted by molar-refractivity contribution is 0.128. The van der Waals surface area contributed by atoms with Crippen LogP contribution in [0.4, 0.5) is 10.5 Å². The van der Waals surface area contributed by atoms with Gasteiger partial charge in [-0.15, -0.1) is 0 Å². The Hall–Kier alpha value is -1.55. The fourth-order valence-electron chi connectivity index (χ4n) is 2.19. The Morgan fingerprint density at radius 1 is 1.53 bits per heavy atom. The number of anilines is 1. The quantitative estimate of drug-likeness (QED) is 0.871. The molecule has 4 heteroatoms. The maximum atomic E-state index is 11.9. The van der Waals surface area contributed by atoms with Crippen molar-refractivity contribution in [3.05, 3.63) is 29.8 Å². The smallest absolute Gasteiger partial charge is 0.414 e. The van der Waals surface area contributed by atoms with Crippen molar-refractivity contribution in [3.8, 4) is 0 Å². The summed E-state index contributed by atoms with van der Waals surface area (Å²) in [5, 5.41) is 0. The Labute approximate surface area is 101 Å². The molecule has 0 spiro atoms. The number of nitrogens with two attached hydrogens (primary N) is 1. The van der Waals surface area contributed by atoms with E-state index in [-0.39, 0.29) is 12.1 Å². The van der Waals surface area contributed by atoms with E-state index in [0.717, 1.165) is 24.1 Å². The molecule has 1 unspecified atom stereocenters. The second kappa shape index (κ2) is 5.19. The van der Waals surface area contributed by atoms with E-state index < -0.39 is 0 Å². The van der Waals surface area contributed by atoms with E-state index in [1.807, 2.05) is 31.2 Å². The molecule has 0 bridgehead atoms. The first-order valence-corrected chi connectivity index (χ1v) is 5.95. The van der Waals surface area contributed by atoms with Gasteiger partial charge in [0.1, 0.15) is 0 Å². The third-order valence-electron chi connectivity index (χ3n) is 3.02. The fraction of sp³-hybridized carbons (Fsp3) is 0.462. The third-order valence-corrected chi connectivity index (χ3v) is 3.02. The van der Waals surface area contributed by atoms with Crippen LogP contribution in [-0.4, -0.2) is 25.3 Å². The number of ether oxygens (including phenoxy) is 1. The number of hydrogen-bond acceptors (Lipinski definition) is 3. The number of hydrogen-bond donors (Lipinski definition) is 1. The predicted octanol–water partition coefficient (Wildman–Crippen LogP) is 2.06. The summed E-state index contributed by atoms with van der Waals surface area (Å²) in [5.74, 6) is 0. The second-order valence-electron chi connectivity index (χ2n) is 4.34. The van der Waals surface area contributed by atoms with E-state index in [1.165, 1.54) is 0 Å². The molecule has 0 radical (unpaired) electrons. The van der Waals surface area contributed by atoms with Gasteiger partial charge < -0.3 is 10.5 Å². The van der Waals surface area contributed by atoms with Gasteiger partial charge in [0.2, 0.25) is 0 Å². The van der Waals surface area contributed by atoms with Gasteiger partial charge in [0.25, 0.3) is 0 Å². The average Bonchev–Trinajstić information content (AvgIpc) is 2.29. The molecule has 1 fully saturated rings. The predicted molar refractivity (Wildman–Crippen MR) is 67.1 cm³/mol. The van der Waals surface area contributed by atoms with Crippen molar-refractivity contribution in [2.75, 3.05) is 18.1 Å². The Balaban J connectivity index is 2.27. The number of aryl methyl sites for hydroxylation is 1. The number of cyclic esters (lactones) is 1. The standard InChI is InChI=1S/C13H18N2O2/c1-10-3-2-4-12(9-10)15-11(5-7-14)6-8-17-13(15)16/h2-4,9,11H,5-8,14H2,1H3. The first-order chi connectivity index (χ1) is 8.22. The molecule has 1 amide bonds. The summed E-state index contributed by atoms with van der Waals surface area (Å²) >= 11 is 0.